The van der Waals surface area contributed by atoms with Gasteiger partial charge in [0.15, 0.2) is 0 Å². The summed E-state index contributed by atoms with van der Waals surface area (Å²) >= 11 is 1.10. The predicted molar refractivity (Wildman–Crippen MR) is 48.4 cm³/mol. The van der Waals surface area contributed by atoms with E-state index in [-0.39, 0.29) is 17.3 Å². The third-order valence-electron chi connectivity index (χ3n) is 1.69. The van der Waals surface area contributed by atoms with Gasteiger partial charge in [-0.1, -0.05) is 0 Å². The zero-order valence-electron chi connectivity index (χ0n) is 6.46. The summed E-state index contributed by atoms with van der Waals surface area (Å²) in [5.74, 6) is -1.13. The minimum absolute atomic E-state index is 0.129. The first-order valence-electron chi connectivity index (χ1n) is 3.57. The van der Waals surface area contributed by atoms with Gasteiger partial charge in [0, 0.05) is 5.38 Å². The average molecular weight is 198 g/mol. The molecule has 0 unspecified atom stereocenters. The van der Waals surface area contributed by atoms with Gasteiger partial charge >= 0.3 is 5.97 Å². The molecule has 0 saturated carbocycles. The lowest BCUT2D eigenvalue weighted by Crippen LogP contribution is -2.27. The molecule has 1 aromatic rings. The van der Waals surface area contributed by atoms with E-state index in [1.165, 1.54) is 0 Å². The van der Waals surface area contributed by atoms with Crippen LogP contribution in [-0.4, -0.2) is 23.5 Å². The molecule has 2 heterocycles. The quantitative estimate of drug-likeness (QED) is 0.624. The molecule has 0 aromatic carbocycles. The number of aromatic carboxylic acids is 1. The maximum absolute atomic E-state index is 10.9. The molecule has 2 rings (SSSR count). The molecular weight excluding hydrogens is 192 g/mol. The van der Waals surface area contributed by atoms with Crippen LogP contribution in [0.4, 0.5) is 11.4 Å². The van der Waals surface area contributed by atoms with Crippen LogP contribution in [0, 0.1) is 0 Å². The van der Waals surface area contributed by atoms with E-state index in [2.05, 4.69) is 10.6 Å². The third-order valence-corrected chi connectivity index (χ3v) is 2.65. The van der Waals surface area contributed by atoms with Crippen LogP contribution in [0.3, 0.4) is 0 Å². The Balaban J connectivity index is 2.44. The van der Waals surface area contributed by atoms with Crippen molar-refractivity contribution in [3.8, 4) is 0 Å². The molecule has 1 aliphatic rings. The Hall–Kier alpha value is -1.56. The van der Waals surface area contributed by atoms with Crippen molar-refractivity contribution in [2.24, 2.45) is 0 Å². The molecule has 0 fully saturated rings. The van der Waals surface area contributed by atoms with Crippen molar-refractivity contribution < 1.29 is 14.7 Å². The van der Waals surface area contributed by atoms with Crippen LogP contribution in [0.15, 0.2) is 5.38 Å². The highest BCUT2D eigenvalue weighted by atomic mass is 32.1. The summed E-state index contributed by atoms with van der Waals surface area (Å²) in [5.41, 5.74) is 1.07. The molecule has 1 aliphatic heterocycles. The van der Waals surface area contributed by atoms with Crippen LogP contribution in [0.5, 0.6) is 0 Å². The largest absolute Gasteiger partial charge is 0.477 e. The second-order valence-electron chi connectivity index (χ2n) is 2.56. The fraction of sp³-hybridized carbons (Fsp3) is 0.143. The summed E-state index contributed by atoms with van der Waals surface area (Å²) in [6.07, 6.45) is 0. The molecule has 0 radical (unpaired) electrons. The van der Waals surface area contributed by atoms with Crippen LogP contribution in [-0.2, 0) is 4.79 Å². The standard InChI is InChI=1S/C7H6N2O3S/c10-4-1-8-5-3(9-4)2-13-6(5)7(11)12/h2,8H,1H2,(H,9,10)(H,11,12). The van der Waals surface area contributed by atoms with Gasteiger partial charge in [-0.3, -0.25) is 4.79 Å². The van der Waals surface area contributed by atoms with Gasteiger partial charge in [-0.25, -0.2) is 4.79 Å². The van der Waals surface area contributed by atoms with Gasteiger partial charge in [0.05, 0.1) is 17.9 Å². The van der Waals surface area contributed by atoms with Crippen molar-refractivity contribution >= 4 is 34.6 Å². The molecule has 0 saturated heterocycles. The number of carbonyl (C=O) groups excluding carboxylic acids is 1. The number of hydrogen-bond acceptors (Lipinski definition) is 4. The van der Waals surface area contributed by atoms with E-state index in [1.807, 2.05) is 0 Å². The minimum atomic E-state index is -0.977. The molecule has 68 valence electrons. The minimum Gasteiger partial charge on any atom is -0.477 e. The molecule has 1 aromatic heterocycles. The average Bonchev–Trinajstić information content (AvgIpc) is 2.46. The van der Waals surface area contributed by atoms with Crippen LogP contribution in [0.25, 0.3) is 0 Å². The maximum atomic E-state index is 10.9. The molecule has 5 nitrogen and oxygen atoms in total. The summed E-state index contributed by atoms with van der Waals surface area (Å²) in [6, 6.07) is 0. The molecule has 0 atom stereocenters. The fourth-order valence-corrected chi connectivity index (χ4v) is 1.96. The Labute approximate surface area is 77.4 Å². The number of carbonyl (C=O) groups is 2. The Kier molecular flexibility index (Phi) is 1.70. The van der Waals surface area contributed by atoms with Crippen LogP contribution >= 0.6 is 11.3 Å². The molecule has 0 aliphatic carbocycles. The molecular formula is C7H6N2O3S. The van der Waals surface area contributed by atoms with Gasteiger partial charge in [0.1, 0.15) is 4.88 Å². The highest BCUT2D eigenvalue weighted by molar-refractivity contribution is 7.13. The van der Waals surface area contributed by atoms with Crippen molar-refractivity contribution in [2.75, 3.05) is 17.2 Å². The van der Waals surface area contributed by atoms with Gasteiger partial charge in [-0.05, 0) is 0 Å². The smallest absolute Gasteiger partial charge is 0.348 e. The summed E-state index contributed by atoms with van der Waals surface area (Å²) in [4.78, 5) is 21.8. The number of fused-ring (bicyclic) bond motifs is 1. The molecule has 6 heteroatoms. The zero-order chi connectivity index (χ0) is 9.42. The number of thiophene rings is 1. The lowest BCUT2D eigenvalue weighted by Gasteiger charge is -2.15. The van der Waals surface area contributed by atoms with Crippen molar-refractivity contribution in [3.05, 3.63) is 10.3 Å². The van der Waals surface area contributed by atoms with Crippen molar-refractivity contribution in [1.82, 2.24) is 0 Å². The summed E-state index contributed by atoms with van der Waals surface area (Å²) < 4.78 is 0. The normalized spacial score (nSPS) is 14.3. The SMILES string of the molecule is O=C1CNc2c(csc2C(=O)O)N1. The topological polar surface area (TPSA) is 78.4 Å². The number of amides is 1. The fourth-order valence-electron chi connectivity index (χ4n) is 1.15. The van der Waals surface area contributed by atoms with E-state index in [0.717, 1.165) is 11.3 Å². The second-order valence-corrected chi connectivity index (χ2v) is 3.44. The van der Waals surface area contributed by atoms with Crippen molar-refractivity contribution in [2.45, 2.75) is 0 Å². The second kappa shape index (κ2) is 2.74. The number of anilines is 2. The van der Waals surface area contributed by atoms with E-state index < -0.39 is 5.97 Å². The number of hydrogen-bond donors (Lipinski definition) is 3. The lowest BCUT2D eigenvalue weighted by atomic mass is 10.3. The molecule has 0 bridgehead atoms. The maximum Gasteiger partial charge on any atom is 0.348 e. The molecule has 13 heavy (non-hydrogen) atoms. The Bertz CT molecular complexity index is 385. The number of carboxylic acid groups (broad SMARTS) is 1. The van der Waals surface area contributed by atoms with Crippen molar-refractivity contribution in [3.63, 3.8) is 0 Å². The highest BCUT2D eigenvalue weighted by Gasteiger charge is 2.22. The Morgan fingerprint density at radius 1 is 1.62 bits per heavy atom. The lowest BCUT2D eigenvalue weighted by molar-refractivity contribution is -0.114. The van der Waals surface area contributed by atoms with Crippen LogP contribution in [0.1, 0.15) is 9.67 Å². The van der Waals surface area contributed by atoms with E-state index in [1.54, 1.807) is 5.38 Å². The first kappa shape index (κ1) is 8.06. The Morgan fingerprint density at radius 2 is 2.38 bits per heavy atom. The summed E-state index contributed by atoms with van der Waals surface area (Å²) in [7, 11) is 0. The first-order chi connectivity index (χ1) is 6.18. The van der Waals surface area contributed by atoms with Crippen molar-refractivity contribution in [1.29, 1.82) is 0 Å². The highest BCUT2D eigenvalue weighted by Crippen LogP contribution is 2.34. The first-order valence-corrected chi connectivity index (χ1v) is 4.45. The molecule has 1 amide bonds. The van der Waals surface area contributed by atoms with E-state index in [4.69, 9.17) is 5.11 Å². The Morgan fingerprint density at radius 3 is 3.08 bits per heavy atom. The van der Waals surface area contributed by atoms with E-state index in [0.29, 0.717) is 11.4 Å². The monoisotopic (exact) mass is 198 g/mol. The predicted octanol–water partition coefficient (Wildman–Crippen LogP) is 0.810. The molecule has 0 spiro atoms. The number of nitrogens with one attached hydrogen (secondary N) is 2. The number of rotatable bonds is 1. The zero-order valence-corrected chi connectivity index (χ0v) is 7.27. The summed E-state index contributed by atoms with van der Waals surface area (Å²) in [5, 5.41) is 15.7. The van der Waals surface area contributed by atoms with Gasteiger partial charge in [-0.2, -0.15) is 0 Å². The van der Waals surface area contributed by atoms with Gasteiger partial charge < -0.3 is 15.7 Å². The number of carboxylic acids is 1. The van der Waals surface area contributed by atoms with E-state index >= 15 is 0 Å². The van der Waals surface area contributed by atoms with Crippen LogP contribution in [0.2, 0.25) is 0 Å². The van der Waals surface area contributed by atoms with E-state index in [9.17, 15) is 9.59 Å². The summed E-state index contributed by atoms with van der Waals surface area (Å²) in [6.45, 7) is 0.129. The van der Waals surface area contributed by atoms with Crippen LogP contribution < -0.4 is 10.6 Å². The molecule has 3 N–H and O–H groups in total. The van der Waals surface area contributed by atoms with Gasteiger partial charge in [-0.15, -0.1) is 11.3 Å². The van der Waals surface area contributed by atoms with Gasteiger partial charge in [0.25, 0.3) is 0 Å². The van der Waals surface area contributed by atoms with Gasteiger partial charge in [0.2, 0.25) is 5.91 Å². The third kappa shape index (κ3) is 1.25.